The summed E-state index contributed by atoms with van der Waals surface area (Å²) < 4.78 is 1.07. The van der Waals surface area contributed by atoms with Crippen LogP contribution in [-0.4, -0.2) is 70.2 Å². The van der Waals surface area contributed by atoms with Crippen LogP contribution < -0.4 is 5.32 Å². The predicted octanol–water partition coefficient (Wildman–Crippen LogP) is 3.14. The molecule has 2 heterocycles. The van der Waals surface area contributed by atoms with Crippen molar-refractivity contribution >= 4 is 55.4 Å². The Morgan fingerprint density at radius 2 is 1.93 bits per heavy atom. The number of thiazole rings is 1. The van der Waals surface area contributed by atoms with Crippen molar-refractivity contribution in [2.45, 2.75) is 33.1 Å². The number of thioether (sulfide) groups is 1. The molecule has 0 unspecified atom stereocenters. The maximum atomic E-state index is 12.4. The minimum Gasteiger partial charge on any atom is -0.340 e. The molecule has 1 aromatic heterocycles. The zero-order valence-corrected chi connectivity index (χ0v) is 19.1. The molecule has 0 saturated carbocycles. The first kappa shape index (κ1) is 22.7. The third-order valence-electron chi connectivity index (χ3n) is 4.97. The molecular formula is C21H28N4O3S2. The number of hydrogen-bond donors (Lipinski definition) is 1. The van der Waals surface area contributed by atoms with Gasteiger partial charge in [0.05, 0.1) is 16.8 Å². The van der Waals surface area contributed by atoms with Gasteiger partial charge in [-0.25, -0.2) is 4.98 Å². The van der Waals surface area contributed by atoms with E-state index in [-0.39, 0.29) is 16.9 Å². The van der Waals surface area contributed by atoms with E-state index in [1.165, 1.54) is 28.7 Å². The van der Waals surface area contributed by atoms with Crippen LogP contribution in [-0.2, 0) is 14.4 Å². The summed E-state index contributed by atoms with van der Waals surface area (Å²) >= 11 is 2.80. The molecule has 1 aliphatic rings. The van der Waals surface area contributed by atoms with E-state index in [4.69, 9.17) is 0 Å². The van der Waals surface area contributed by atoms with Crippen LogP contribution in [0.25, 0.3) is 10.2 Å². The van der Waals surface area contributed by atoms with Gasteiger partial charge in [0.25, 0.3) is 0 Å². The number of rotatable bonds is 8. The standard InChI is InChI=1S/C21H28N4O3S2/c1-15-6-7-17-18(13-15)30-21(22-17)23-19(27)14-24-8-10-25(11-9-24)20(28)5-3-4-12-29-16(2)26/h6-7,13H,3-5,8-12,14H2,1-2H3,(H,22,23,27). The second-order valence-electron chi connectivity index (χ2n) is 7.49. The number of aromatic nitrogens is 1. The van der Waals surface area contributed by atoms with Gasteiger partial charge >= 0.3 is 0 Å². The number of carbonyl (C=O) groups excluding carboxylic acids is 3. The van der Waals surface area contributed by atoms with Gasteiger partial charge in [-0.3, -0.25) is 19.3 Å². The van der Waals surface area contributed by atoms with E-state index in [9.17, 15) is 14.4 Å². The summed E-state index contributed by atoms with van der Waals surface area (Å²) in [4.78, 5) is 44.0. The Balaban J connectivity index is 1.36. The van der Waals surface area contributed by atoms with E-state index in [1.54, 1.807) is 6.92 Å². The molecule has 162 valence electrons. The van der Waals surface area contributed by atoms with Gasteiger partial charge in [-0.05, 0) is 37.5 Å². The van der Waals surface area contributed by atoms with Gasteiger partial charge in [-0.1, -0.05) is 29.2 Å². The van der Waals surface area contributed by atoms with Crippen molar-refractivity contribution < 1.29 is 14.4 Å². The fourth-order valence-corrected chi connectivity index (χ4v) is 4.97. The highest BCUT2D eigenvalue weighted by Gasteiger charge is 2.22. The minimum atomic E-state index is -0.0754. The summed E-state index contributed by atoms with van der Waals surface area (Å²) in [6.07, 6.45) is 2.21. The fraction of sp³-hybridized carbons (Fsp3) is 0.524. The Labute approximate surface area is 185 Å². The third-order valence-corrected chi connectivity index (χ3v) is 6.81. The molecule has 1 aromatic carbocycles. The van der Waals surface area contributed by atoms with Gasteiger partial charge in [-0.2, -0.15) is 0 Å². The monoisotopic (exact) mass is 448 g/mol. The number of hydrogen-bond acceptors (Lipinski definition) is 7. The van der Waals surface area contributed by atoms with Crippen molar-refractivity contribution in [3.63, 3.8) is 0 Å². The number of nitrogens with one attached hydrogen (secondary N) is 1. The summed E-state index contributed by atoms with van der Waals surface area (Å²) in [6.45, 7) is 6.59. The van der Waals surface area contributed by atoms with Crippen LogP contribution in [0.2, 0.25) is 0 Å². The van der Waals surface area contributed by atoms with Crippen molar-refractivity contribution in [3.05, 3.63) is 23.8 Å². The maximum absolute atomic E-state index is 12.4. The highest BCUT2D eigenvalue weighted by Crippen LogP contribution is 2.26. The lowest BCUT2D eigenvalue weighted by molar-refractivity contribution is -0.133. The predicted molar refractivity (Wildman–Crippen MR) is 123 cm³/mol. The smallest absolute Gasteiger partial charge is 0.240 e. The second kappa shape index (κ2) is 10.9. The van der Waals surface area contributed by atoms with E-state index >= 15 is 0 Å². The summed E-state index contributed by atoms with van der Waals surface area (Å²) in [5.41, 5.74) is 2.07. The van der Waals surface area contributed by atoms with Crippen molar-refractivity contribution in [2.75, 3.05) is 43.8 Å². The third kappa shape index (κ3) is 6.78. The molecule has 0 radical (unpaired) electrons. The lowest BCUT2D eigenvalue weighted by atomic mass is 10.2. The number of piperazine rings is 1. The zero-order valence-electron chi connectivity index (χ0n) is 17.5. The van der Waals surface area contributed by atoms with Gasteiger partial charge < -0.3 is 10.2 Å². The Bertz CT molecular complexity index is 907. The molecule has 1 saturated heterocycles. The molecular weight excluding hydrogens is 420 g/mol. The molecule has 1 aliphatic heterocycles. The quantitative estimate of drug-likeness (QED) is 0.625. The van der Waals surface area contributed by atoms with Crippen molar-refractivity contribution in [1.29, 1.82) is 0 Å². The van der Waals surface area contributed by atoms with Crippen LogP contribution in [0.4, 0.5) is 5.13 Å². The topological polar surface area (TPSA) is 82.6 Å². The van der Waals surface area contributed by atoms with Crippen molar-refractivity contribution in [2.24, 2.45) is 0 Å². The molecule has 30 heavy (non-hydrogen) atoms. The summed E-state index contributed by atoms with van der Waals surface area (Å²) in [7, 11) is 0. The van der Waals surface area contributed by atoms with E-state index in [2.05, 4.69) is 21.3 Å². The normalized spacial score (nSPS) is 14.8. The van der Waals surface area contributed by atoms with E-state index in [1.807, 2.05) is 24.0 Å². The molecule has 7 nitrogen and oxygen atoms in total. The molecule has 2 aromatic rings. The van der Waals surface area contributed by atoms with Crippen LogP contribution in [0.5, 0.6) is 0 Å². The second-order valence-corrected chi connectivity index (χ2v) is 9.79. The molecule has 2 amide bonds. The van der Waals surface area contributed by atoms with Gasteiger partial charge in [0, 0.05) is 45.3 Å². The number of anilines is 1. The van der Waals surface area contributed by atoms with Gasteiger partial charge in [0.2, 0.25) is 11.8 Å². The number of aryl methyl sites for hydroxylation is 1. The lowest BCUT2D eigenvalue weighted by Gasteiger charge is -2.34. The minimum absolute atomic E-state index is 0.0754. The highest BCUT2D eigenvalue weighted by molar-refractivity contribution is 8.13. The van der Waals surface area contributed by atoms with Crippen molar-refractivity contribution in [1.82, 2.24) is 14.8 Å². The van der Waals surface area contributed by atoms with Crippen LogP contribution in [0.3, 0.4) is 0 Å². The molecule has 3 rings (SSSR count). The van der Waals surface area contributed by atoms with Crippen LogP contribution in [0.15, 0.2) is 18.2 Å². The summed E-state index contributed by atoms with van der Waals surface area (Å²) in [5.74, 6) is 0.866. The van der Waals surface area contributed by atoms with Crippen LogP contribution in [0, 0.1) is 6.92 Å². The molecule has 0 atom stereocenters. The molecule has 9 heteroatoms. The van der Waals surface area contributed by atoms with Crippen LogP contribution >= 0.6 is 23.1 Å². The first-order valence-corrected chi connectivity index (χ1v) is 12.0. The number of amides is 2. The summed E-state index contributed by atoms with van der Waals surface area (Å²) in [6, 6.07) is 6.05. The molecule has 1 N–H and O–H groups in total. The van der Waals surface area contributed by atoms with Gasteiger partial charge in [0.1, 0.15) is 0 Å². The highest BCUT2D eigenvalue weighted by atomic mass is 32.2. The Morgan fingerprint density at radius 1 is 1.17 bits per heavy atom. The Kier molecular flexibility index (Phi) is 8.24. The van der Waals surface area contributed by atoms with E-state index < -0.39 is 0 Å². The maximum Gasteiger partial charge on any atom is 0.240 e. The molecule has 0 aliphatic carbocycles. The molecule has 1 fully saturated rings. The van der Waals surface area contributed by atoms with Gasteiger partial charge in [-0.15, -0.1) is 0 Å². The molecule has 0 bridgehead atoms. The number of nitrogens with zero attached hydrogens (tertiary/aromatic N) is 3. The zero-order chi connectivity index (χ0) is 21.5. The number of carbonyl (C=O) groups is 3. The van der Waals surface area contributed by atoms with Crippen LogP contribution in [0.1, 0.15) is 31.7 Å². The van der Waals surface area contributed by atoms with Gasteiger partial charge in [0.15, 0.2) is 10.2 Å². The number of benzene rings is 1. The summed E-state index contributed by atoms with van der Waals surface area (Å²) in [5, 5.41) is 3.65. The first-order valence-electron chi connectivity index (χ1n) is 10.2. The largest absolute Gasteiger partial charge is 0.340 e. The van der Waals surface area contributed by atoms with E-state index in [0.29, 0.717) is 44.3 Å². The van der Waals surface area contributed by atoms with Crippen molar-refractivity contribution in [3.8, 4) is 0 Å². The number of fused-ring (bicyclic) bond motifs is 1. The fourth-order valence-electron chi connectivity index (χ4n) is 3.35. The average molecular weight is 449 g/mol. The molecule has 0 spiro atoms. The van der Waals surface area contributed by atoms with E-state index in [0.717, 1.165) is 28.8 Å². The average Bonchev–Trinajstić information content (AvgIpc) is 3.08. The Morgan fingerprint density at radius 3 is 2.67 bits per heavy atom. The SMILES string of the molecule is CC(=O)SCCCCC(=O)N1CCN(CC(=O)Nc2nc3ccc(C)cc3s2)CC1. The Hall–Kier alpha value is -1.97. The first-order chi connectivity index (χ1) is 14.4. The lowest BCUT2D eigenvalue weighted by Crippen LogP contribution is -2.50. The number of unbranched alkanes of at least 4 members (excludes halogenated alkanes) is 1.